The van der Waals surface area contributed by atoms with Gasteiger partial charge in [-0.2, -0.15) is 11.8 Å². The van der Waals surface area contributed by atoms with Gasteiger partial charge in [-0.3, -0.25) is 4.79 Å². The summed E-state index contributed by atoms with van der Waals surface area (Å²) in [6.45, 7) is 3.48. The van der Waals surface area contributed by atoms with Crippen LogP contribution in [0.15, 0.2) is 4.52 Å². The number of aromatic nitrogens is 1. The number of nitrogens with one attached hydrogen (secondary N) is 1. The molecule has 106 valence electrons. The van der Waals surface area contributed by atoms with Crippen molar-refractivity contribution in [1.29, 1.82) is 0 Å². The highest BCUT2D eigenvalue weighted by Crippen LogP contribution is 2.13. The summed E-state index contributed by atoms with van der Waals surface area (Å²) in [7, 11) is 0. The van der Waals surface area contributed by atoms with Gasteiger partial charge >= 0.3 is 5.97 Å². The first-order valence-corrected chi connectivity index (χ1v) is 7.28. The maximum absolute atomic E-state index is 11.8. The molecule has 2 N–H and O–H groups in total. The molecule has 0 aliphatic rings. The normalized spacial score (nSPS) is 12.2. The molecule has 0 saturated carbocycles. The van der Waals surface area contributed by atoms with Crippen LogP contribution in [0.3, 0.4) is 0 Å². The molecule has 1 aromatic rings. The van der Waals surface area contributed by atoms with Crippen LogP contribution in [0.1, 0.15) is 23.4 Å². The average Bonchev–Trinajstić information content (AvgIpc) is 2.66. The van der Waals surface area contributed by atoms with Crippen molar-refractivity contribution in [3.8, 4) is 0 Å². The fraction of sp³-hybridized carbons (Fsp3) is 0.583. The van der Waals surface area contributed by atoms with Crippen molar-refractivity contribution >= 4 is 23.6 Å². The van der Waals surface area contributed by atoms with Crippen LogP contribution in [0.2, 0.25) is 0 Å². The number of hydrogen-bond donors (Lipinski definition) is 2. The Hall–Kier alpha value is -1.50. The molecule has 0 aliphatic carbocycles. The summed E-state index contributed by atoms with van der Waals surface area (Å²) in [5.74, 6) is -0.0737. The SMILES string of the molecule is CSCC[C@H](NC(=O)Cc1c(C)noc1C)C(=O)O. The van der Waals surface area contributed by atoms with Crippen LogP contribution in [-0.2, 0) is 16.0 Å². The lowest BCUT2D eigenvalue weighted by atomic mass is 10.1. The first kappa shape index (κ1) is 15.6. The number of thioether (sulfide) groups is 1. The molecule has 0 fully saturated rings. The number of hydrogen-bond acceptors (Lipinski definition) is 5. The first-order chi connectivity index (χ1) is 8.95. The van der Waals surface area contributed by atoms with Gasteiger partial charge in [-0.1, -0.05) is 5.16 Å². The number of nitrogens with zero attached hydrogens (tertiary/aromatic N) is 1. The third-order valence-electron chi connectivity index (χ3n) is 2.76. The zero-order valence-electron chi connectivity index (χ0n) is 11.2. The lowest BCUT2D eigenvalue weighted by Crippen LogP contribution is -2.42. The molecule has 0 bridgehead atoms. The topological polar surface area (TPSA) is 92.4 Å². The van der Waals surface area contributed by atoms with E-state index in [0.29, 0.717) is 29.2 Å². The summed E-state index contributed by atoms with van der Waals surface area (Å²) >= 11 is 1.55. The Kier molecular flexibility index (Phi) is 5.88. The van der Waals surface area contributed by atoms with Crippen molar-refractivity contribution in [3.63, 3.8) is 0 Å². The van der Waals surface area contributed by atoms with Gasteiger partial charge < -0.3 is 14.9 Å². The van der Waals surface area contributed by atoms with Crippen LogP contribution in [-0.4, -0.2) is 40.2 Å². The molecule has 0 aliphatic heterocycles. The molecule has 0 aromatic carbocycles. The van der Waals surface area contributed by atoms with Gasteiger partial charge in [0.2, 0.25) is 5.91 Å². The van der Waals surface area contributed by atoms with Crippen LogP contribution in [0.4, 0.5) is 0 Å². The van der Waals surface area contributed by atoms with Crippen molar-refractivity contribution in [2.45, 2.75) is 32.7 Å². The standard InChI is InChI=1S/C12H18N2O4S/c1-7-9(8(2)18-14-7)6-11(15)13-10(12(16)17)4-5-19-3/h10H,4-6H2,1-3H3,(H,13,15)(H,16,17)/t10-/m0/s1. The van der Waals surface area contributed by atoms with Gasteiger partial charge in [0.15, 0.2) is 0 Å². The van der Waals surface area contributed by atoms with Gasteiger partial charge in [0.25, 0.3) is 0 Å². The van der Waals surface area contributed by atoms with Gasteiger partial charge in [-0.05, 0) is 32.3 Å². The maximum Gasteiger partial charge on any atom is 0.326 e. The van der Waals surface area contributed by atoms with Gasteiger partial charge in [0.05, 0.1) is 12.1 Å². The summed E-state index contributed by atoms with van der Waals surface area (Å²) in [5.41, 5.74) is 1.37. The minimum atomic E-state index is -1.01. The van der Waals surface area contributed by atoms with Gasteiger partial charge in [-0.25, -0.2) is 4.79 Å². The van der Waals surface area contributed by atoms with E-state index in [2.05, 4.69) is 10.5 Å². The van der Waals surface area contributed by atoms with E-state index in [1.165, 1.54) is 0 Å². The summed E-state index contributed by atoms with van der Waals surface area (Å²) in [6.07, 6.45) is 2.39. The molecular formula is C12H18N2O4S. The molecule has 1 rings (SSSR count). The lowest BCUT2D eigenvalue weighted by Gasteiger charge is -2.13. The predicted octanol–water partition coefficient (Wildman–Crippen LogP) is 1.16. The fourth-order valence-corrected chi connectivity index (χ4v) is 2.12. The molecule has 1 aromatic heterocycles. The van der Waals surface area contributed by atoms with E-state index in [9.17, 15) is 9.59 Å². The van der Waals surface area contributed by atoms with Crippen LogP contribution < -0.4 is 5.32 Å². The number of rotatable bonds is 7. The summed E-state index contributed by atoms with van der Waals surface area (Å²) < 4.78 is 4.96. The lowest BCUT2D eigenvalue weighted by molar-refractivity contribution is -0.141. The predicted molar refractivity (Wildman–Crippen MR) is 72.2 cm³/mol. The van der Waals surface area contributed by atoms with Crippen LogP contribution >= 0.6 is 11.8 Å². The van der Waals surface area contributed by atoms with Gasteiger partial charge in [0, 0.05) is 5.56 Å². The Balaban J connectivity index is 2.60. The van der Waals surface area contributed by atoms with Crippen molar-refractivity contribution < 1.29 is 19.2 Å². The molecule has 1 amide bonds. The molecule has 1 atom stereocenters. The van der Waals surface area contributed by atoms with E-state index in [1.807, 2.05) is 6.26 Å². The highest BCUT2D eigenvalue weighted by atomic mass is 32.2. The first-order valence-electron chi connectivity index (χ1n) is 5.88. The van der Waals surface area contributed by atoms with E-state index in [-0.39, 0.29) is 12.3 Å². The molecular weight excluding hydrogens is 268 g/mol. The molecule has 0 radical (unpaired) electrons. The molecule has 6 nitrogen and oxygen atoms in total. The second-order valence-corrected chi connectivity index (χ2v) is 5.20. The number of aryl methyl sites for hydroxylation is 2. The van der Waals surface area contributed by atoms with Crippen LogP contribution in [0, 0.1) is 13.8 Å². The number of carbonyl (C=O) groups is 2. The van der Waals surface area contributed by atoms with Crippen LogP contribution in [0.5, 0.6) is 0 Å². The van der Waals surface area contributed by atoms with Gasteiger partial charge in [-0.15, -0.1) is 0 Å². The zero-order valence-corrected chi connectivity index (χ0v) is 12.0. The largest absolute Gasteiger partial charge is 0.480 e. The van der Waals surface area contributed by atoms with E-state index in [0.717, 1.165) is 0 Å². The van der Waals surface area contributed by atoms with E-state index in [1.54, 1.807) is 25.6 Å². The molecule has 1 heterocycles. The smallest absolute Gasteiger partial charge is 0.326 e. The quantitative estimate of drug-likeness (QED) is 0.781. The third-order valence-corrected chi connectivity index (χ3v) is 3.41. The number of carbonyl (C=O) groups excluding carboxylic acids is 1. The minimum Gasteiger partial charge on any atom is -0.480 e. The highest BCUT2D eigenvalue weighted by molar-refractivity contribution is 7.98. The van der Waals surface area contributed by atoms with Crippen molar-refractivity contribution in [3.05, 3.63) is 17.0 Å². The Morgan fingerprint density at radius 1 is 1.47 bits per heavy atom. The third kappa shape index (κ3) is 4.59. The summed E-state index contributed by atoms with van der Waals surface area (Å²) in [6, 6.07) is -0.847. The number of carboxylic acid groups (broad SMARTS) is 1. The number of carboxylic acids is 1. The Bertz CT molecular complexity index is 439. The molecule has 19 heavy (non-hydrogen) atoms. The number of amides is 1. The zero-order chi connectivity index (χ0) is 14.4. The van der Waals surface area contributed by atoms with E-state index >= 15 is 0 Å². The number of aliphatic carboxylic acids is 1. The second kappa shape index (κ2) is 7.18. The van der Waals surface area contributed by atoms with E-state index in [4.69, 9.17) is 9.63 Å². The molecule has 0 saturated heterocycles. The summed E-state index contributed by atoms with van der Waals surface area (Å²) in [5, 5.41) is 15.3. The Labute approximate surface area is 115 Å². The molecule has 0 spiro atoms. The van der Waals surface area contributed by atoms with Crippen molar-refractivity contribution in [2.24, 2.45) is 0 Å². The Morgan fingerprint density at radius 2 is 2.16 bits per heavy atom. The summed E-state index contributed by atoms with van der Waals surface area (Å²) in [4.78, 5) is 22.9. The molecule has 0 unspecified atom stereocenters. The Morgan fingerprint density at radius 3 is 2.63 bits per heavy atom. The average molecular weight is 286 g/mol. The van der Waals surface area contributed by atoms with Crippen molar-refractivity contribution in [1.82, 2.24) is 10.5 Å². The fourth-order valence-electron chi connectivity index (χ4n) is 1.65. The minimum absolute atomic E-state index is 0.0875. The molecule has 7 heteroatoms. The van der Waals surface area contributed by atoms with Crippen molar-refractivity contribution in [2.75, 3.05) is 12.0 Å². The van der Waals surface area contributed by atoms with Gasteiger partial charge in [0.1, 0.15) is 11.8 Å². The highest BCUT2D eigenvalue weighted by Gasteiger charge is 2.21. The maximum atomic E-state index is 11.8. The van der Waals surface area contributed by atoms with E-state index < -0.39 is 12.0 Å². The monoisotopic (exact) mass is 286 g/mol. The second-order valence-electron chi connectivity index (χ2n) is 4.22. The van der Waals surface area contributed by atoms with Crippen LogP contribution in [0.25, 0.3) is 0 Å².